The summed E-state index contributed by atoms with van der Waals surface area (Å²) in [5.74, 6) is -1.61. The minimum absolute atomic E-state index is 0.0275. The number of nitrogens with zero attached hydrogens (tertiary/aromatic N) is 2. The van der Waals surface area contributed by atoms with E-state index in [4.69, 9.17) is 0 Å². The van der Waals surface area contributed by atoms with Gasteiger partial charge in [0.1, 0.15) is 5.82 Å². The summed E-state index contributed by atoms with van der Waals surface area (Å²) in [5, 5.41) is 9.22. The lowest BCUT2D eigenvalue weighted by atomic mass is 10.1. The lowest BCUT2D eigenvalue weighted by molar-refractivity contribution is 0.0697. The second-order valence-corrected chi connectivity index (χ2v) is 4.93. The fraction of sp³-hybridized carbons (Fsp3) is 0.562. The van der Waals surface area contributed by atoms with Crippen LogP contribution in [-0.2, 0) is 0 Å². The molecular formula is C16H25FN2O2. The van der Waals surface area contributed by atoms with Gasteiger partial charge in [0.05, 0.1) is 11.3 Å². The van der Waals surface area contributed by atoms with Crippen LogP contribution in [0.3, 0.4) is 0 Å². The van der Waals surface area contributed by atoms with E-state index in [9.17, 15) is 14.3 Å². The maximum absolute atomic E-state index is 13.2. The van der Waals surface area contributed by atoms with Crippen LogP contribution in [0.5, 0.6) is 0 Å². The Balaban J connectivity index is 2.78. The molecule has 0 radical (unpaired) electrons. The number of carboxylic acids is 1. The maximum Gasteiger partial charge on any atom is 0.337 e. The number of benzene rings is 1. The van der Waals surface area contributed by atoms with Crippen LogP contribution in [0.25, 0.3) is 0 Å². The normalized spacial score (nSPS) is 10.9. The van der Waals surface area contributed by atoms with Crippen molar-refractivity contribution in [1.29, 1.82) is 0 Å². The fourth-order valence-electron chi connectivity index (χ4n) is 2.43. The molecule has 0 saturated heterocycles. The van der Waals surface area contributed by atoms with Crippen LogP contribution in [0.15, 0.2) is 18.2 Å². The van der Waals surface area contributed by atoms with Crippen molar-refractivity contribution in [2.24, 2.45) is 0 Å². The molecule has 0 aliphatic carbocycles. The molecule has 0 amide bonds. The fourth-order valence-corrected chi connectivity index (χ4v) is 2.43. The summed E-state index contributed by atoms with van der Waals surface area (Å²) in [6.07, 6.45) is 0.950. The van der Waals surface area contributed by atoms with Crippen LogP contribution in [0.4, 0.5) is 10.1 Å². The van der Waals surface area contributed by atoms with E-state index in [1.165, 1.54) is 6.07 Å². The van der Waals surface area contributed by atoms with Crippen molar-refractivity contribution in [3.05, 3.63) is 29.6 Å². The first kappa shape index (κ1) is 17.4. The average molecular weight is 296 g/mol. The molecule has 1 aromatic carbocycles. The van der Waals surface area contributed by atoms with Crippen molar-refractivity contribution in [3.8, 4) is 0 Å². The Bertz CT molecular complexity index is 462. The maximum atomic E-state index is 13.2. The minimum atomic E-state index is -1.09. The third-order valence-corrected chi connectivity index (χ3v) is 3.71. The zero-order chi connectivity index (χ0) is 15.8. The Morgan fingerprint density at radius 3 is 2.33 bits per heavy atom. The lowest BCUT2D eigenvalue weighted by Gasteiger charge is -2.26. The molecule has 0 spiro atoms. The highest BCUT2D eigenvalue weighted by Gasteiger charge is 2.16. The van der Waals surface area contributed by atoms with Gasteiger partial charge in [-0.15, -0.1) is 0 Å². The van der Waals surface area contributed by atoms with Crippen LogP contribution in [0.1, 0.15) is 37.6 Å². The first-order valence-electron chi connectivity index (χ1n) is 7.53. The van der Waals surface area contributed by atoms with Crippen molar-refractivity contribution in [3.63, 3.8) is 0 Å². The molecule has 1 N–H and O–H groups in total. The van der Waals surface area contributed by atoms with Gasteiger partial charge in [0.25, 0.3) is 0 Å². The monoisotopic (exact) mass is 296 g/mol. The number of hydrogen-bond donors (Lipinski definition) is 1. The van der Waals surface area contributed by atoms with E-state index in [0.717, 1.165) is 38.7 Å². The molecule has 0 unspecified atom stereocenters. The second-order valence-electron chi connectivity index (χ2n) is 4.93. The largest absolute Gasteiger partial charge is 0.478 e. The van der Waals surface area contributed by atoms with Crippen molar-refractivity contribution < 1.29 is 14.3 Å². The van der Waals surface area contributed by atoms with Crippen LogP contribution in [0, 0.1) is 5.82 Å². The zero-order valence-corrected chi connectivity index (χ0v) is 13.1. The molecule has 0 atom stereocenters. The van der Waals surface area contributed by atoms with Crippen molar-refractivity contribution >= 4 is 11.7 Å². The highest BCUT2D eigenvalue weighted by Crippen LogP contribution is 2.22. The zero-order valence-electron chi connectivity index (χ0n) is 13.1. The predicted molar refractivity (Wildman–Crippen MR) is 83.7 cm³/mol. The first-order chi connectivity index (χ1) is 10.0. The number of anilines is 1. The molecule has 118 valence electrons. The number of halogens is 1. The standard InChI is InChI=1S/C16H25FN2O2/c1-4-18(5-2)10-7-11-19(6-3)15-9-8-13(17)12-14(15)16(20)21/h8-9,12H,4-7,10-11H2,1-3H3,(H,20,21). The molecule has 5 heteroatoms. The first-order valence-corrected chi connectivity index (χ1v) is 7.53. The molecule has 0 aliphatic rings. The number of rotatable bonds is 9. The third-order valence-electron chi connectivity index (χ3n) is 3.71. The van der Waals surface area contributed by atoms with E-state index in [1.54, 1.807) is 6.07 Å². The topological polar surface area (TPSA) is 43.8 Å². The summed E-state index contributed by atoms with van der Waals surface area (Å²) in [4.78, 5) is 15.6. The van der Waals surface area contributed by atoms with Crippen molar-refractivity contribution in [2.45, 2.75) is 27.2 Å². The van der Waals surface area contributed by atoms with Gasteiger partial charge in [-0.05, 0) is 51.2 Å². The lowest BCUT2D eigenvalue weighted by Crippen LogP contribution is -2.30. The number of carboxylic acid groups (broad SMARTS) is 1. The third kappa shape index (κ3) is 5.01. The molecule has 0 aliphatic heterocycles. The average Bonchev–Trinajstić information content (AvgIpc) is 2.48. The van der Waals surface area contributed by atoms with Gasteiger partial charge >= 0.3 is 5.97 Å². The molecule has 0 heterocycles. The van der Waals surface area contributed by atoms with Gasteiger partial charge in [-0.3, -0.25) is 0 Å². The molecule has 4 nitrogen and oxygen atoms in total. The van der Waals surface area contributed by atoms with Gasteiger partial charge in [-0.2, -0.15) is 0 Å². The van der Waals surface area contributed by atoms with E-state index in [1.807, 2.05) is 11.8 Å². The predicted octanol–water partition coefficient (Wildman–Crippen LogP) is 3.08. The molecule has 0 saturated carbocycles. The van der Waals surface area contributed by atoms with E-state index in [-0.39, 0.29) is 5.56 Å². The Kier molecular flexibility index (Phi) is 7.15. The van der Waals surface area contributed by atoms with Crippen molar-refractivity contribution in [2.75, 3.05) is 37.6 Å². The Hall–Kier alpha value is -1.62. The van der Waals surface area contributed by atoms with Gasteiger partial charge in [0, 0.05) is 13.1 Å². The van der Waals surface area contributed by atoms with Gasteiger partial charge in [-0.25, -0.2) is 9.18 Å². The van der Waals surface area contributed by atoms with E-state index < -0.39 is 11.8 Å². The summed E-state index contributed by atoms with van der Waals surface area (Å²) in [6.45, 7) is 10.7. The van der Waals surface area contributed by atoms with Crippen LogP contribution >= 0.6 is 0 Å². The molecular weight excluding hydrogens is 271 g/mol. The summed E-state index contributed by atoms with van der Waals surface area (Å²) in [7, 11) is 0. The Morgan fingerprint density at radius 2 is 1.81 bits per heavy atom. The van der Waals surface area contributed by atoms with Gasteiger partial charge in [-0.1, -0.05) is 13.8 Å². The summed E-state index contributed by atoms with van der Waals surface area (Å²) in [6, 6.07) is 3.96. The molecule has 1 aromatic rings. The van der Waals surface area contributed by atoms with Crippen LogP contribution in [-0.4, -0.2) is 48.7 Å². The van der Waals surface area contributed by atoms with E-state index >= 15 is 0 Å². The van der Waals surface area contributed by atoms with Crippen LogP contribution < -0.4 is 4.90 Å². The SMILES string of the molecule is CCN(CC)CCCN(CC)c1ccc(F)cc1C(=O)O. The summed E-state index contributed by atoms with van der Waals surface area (Å²) in [5.41, 5.74) is 0.616. The number of carbonyl (C=O) groups is 1. The highest BCUT2D eigenvalue weighted by molar-refractivity contribution is 5.94. The minimum Gasteiger partial charge on any atom is -0.478 e. The number of aromatic carboxylic acids is 1. The quantitative estimate of drug-likeness (QED) is 0.760. The second kappa shape index (κ2) is 8.62. The van der Waals surface area contributed by atoms with Gasteiger partial charge < -0.3 is 14.9 Å². The summed E-state index contributed by atoms with van der Waals surface area (Å²) < 4.78 is 13.2. The van der Waals surface area contributed by atoms with Crippen molar-refractivity contribution in [1.82, 2.24) is 4.90 Å². The Morgan fingerprint density at radius 1 is 1.14 bits per heavy atom. The smallest absolute Gasteiger partial charge is 0.337 e. The van der Waals surface area contributed by atoms with E-state index in [0.29, 0.717) is 12.2 Å². The molecule has 21 heavy (non-hydrogen) atoms. The van der Waals surface area contributed by atoms with Crippen LogP contribution in [0.2, 0.25) is 0 Å². The van der Waals surface area contributed by atoms with Gasteiger partial charge in [0.15, 0.2) is 0 Å². The number of hydrogen-bond acceptors (Lipinski definition) is 3. The molecule has 0 bridgehead atoms. The molecule has 1 rings (SSSR count). The Labute approximate surface area is 126 Å². The van der Waals surface area contributed by atoms with E-state index in [2.05, 4.69) is 18.7 Å². The van der Waals surface area contributed by atoms with Gasteiger partial charge in [0.2, 0.25) is 0 Å². The molecule has 0 fully saturated rings. The highest BCUT2D eigenvalue weighted by atomic mass is 19.1. The summed E-state index contributed by atoms with van der Waals surface area (Å²) >= 11 is 0. The molecule has 0 aromatic heterocycles.